The van der Waals surface area contributed by atoms with Gasteiger partial charge in [0.1, 0.15) is 11.5 Å². The molecule has 1 N–H and O–H groups in total. The Morgan fingerprint density at radius 3 is 2.88 bits per heavy atom. The predicted molar refractivity (Wildman–Crippen MR) is 67.8 cm³/mol. The van der Waals surface area contributed by atoms with E-state index in [-0.39, 0.29) is 0 Å². The lowest BCUT2D eigenvalue weighted by Crippen LogP contribution is -2.00. The number of halogens is 1. The molecular formula is C12H11BrN2O2. The molecule has 2 aromatic rings. The van der Waals surface area contributed by atoms with Crippen LogP contribution in [0.25, 0.3) is 11.4 Å². The van der Waals surface area contributed by atoms with Crippen LogP contribution in [0.2, 0.25) is 0 Å². The Labute approximate surface area is 107 Å². The molecule has 4 nitrogen and oxygen atoms in total. The number of hydrogen-bond donors (Lipinski definition) is 1. The number of aromatic amines is 1. The molecule has 0 atom stereocenters. The summed E-state index contributed by atoms with van der Waals surface area (Å²) in [5.41, 5.74) is 2.41. The first-order valence-electron chi connectivity index (χ1n) is 5.01. The third kappa shape index (κ3) is 2.39. The molecule has 0 bridgehead atoms. The number of benzene rings is 1. The lowest BCUT2D eigenvalue weighted by molar-refractivity contribution is 0.0595. The smallest absolute Gasteiger partial charge is 0.356 e. The summed E-state index contributed by atoms with van der Waals surface area (Å²) in [5, 5.41) is 0. The summed E-state index contributed by atoms with van der Waals surface area (Å²) in [5.74, 6) is 0.223. The molecule has 1 heterocycles. The fourth-order valence-electron chi connectivity index (χ4n) is 1.42. The molecule has 2 rings (SSSR count). The standard InChI is InChI=1S/C12H11BrN2O2/c1-7-3-4-8(5-9(7)13)11-14-6-10(15-11)12(16)17-2/h3-6H,1-2H3,(H,14,15). The zero-order chi connectivity index (χ0) is 12.4. The minimum atomic E-state index is -0.421. The molecule has 5 heteroatoms. The maximum Gasteiger partial charge on any atom is 0.356 e. The molecule has 1 aromatic heterocycles. The fraction of sp³-hybridized carbons (Fsp3) is 0.167. The van der Waals surface area contributed by atoms with E-state index >= 15 is 0 Å². The first-order valence-corrected chi connectivity index (χ1v) is 5.81. The van der Waals surface area contributed by atoms with Gasteiger partial charge in [0.05, 0.1) is 13.3 Å². The number of esters is 1. The molecule has 0 aliphatic rings. The van der Waals surface area contributed by atoms with Crippen LogP contribution < -0.4 is 0 Å². The minimum absolute atomic E-state index is 0.346. The molecular weight excluding hydrogens is 284 g/mol. The molecule has 0 aliphatic heterocycles. The second-order valence-electron chi connectivity index (χ2n) is 3.60. The van der Waals surface area contributed by atoms with E-state index in [1.54, 1.807) is 0 Å². The Morgan fingerprint density at radius 1 is 1.47 bits per heavy atom. The number of ether oxygens (including phenoxy) is 1. The number of aryl methyl sites for hydroxylation is 1. The molecule has 0 amide bonds. The van der Waals surface area contributed by atoms with Crippen molar-refractivity contribution in [1.82, 2.24) is 9.97 Å². The van der Waals surface area contributed by atoms with E-state index in [1.165, 1.54) is 13.3 Å². The Morgan fingerprint density at radius 2 is 2.24 bits per heavy atom. The summed E-state index contributed by atoms with van der Waals surface area (Å²) in [7, 11) is 1.34. The summed E-state index contributed by atoms with van der Waals surface area (Å²) in [6.07, 6.45) is 1.47. The number of carbonyl (C=O) groups excluding carboxylic acids is 1. The van der Waals surface area contributed by atoms with Gasteiger partial charge >= 0.3 is 5.97 Å². The predicted octanol–water partition coefficient (Wildman–Crippen LogP) is 2.93. The van der Waals surface area contributed by atoms with E-state index in [2.05, 4.69) is 30.6 Å². The van der Waals surface area contributed by atoms with Gasteiger partial charge in [-0.25, -0.2) is 9.78 Å². The van der Waals surface area contributed by atoms with Crippen LogP contribution in [0.3, 0.4) is 0 Å². The number of methoxy groups -OCH3 is 1. The van der Waals surface area contributed by atoms with Gasteiger partial charge < -0.3 is 9.72 Å². The van der Waals surface area contributed by atoms with Gasteiger partial charge in [-0.2, -0.15) is 0 Å². The average molecular weight is 295 g/mol. The van der Waals surface area contributed by atoms with E-state index in [1.807, 2.05) is 25.1 Å². The van der Waals surface area contributed by atoms with Crippen molar-refractivity contribution in [3.05, 3.63) is 40.1 Å². The van der Waals surface area contributed by atoms with Crippen molar-refractivity contribution < 1.29 is 9.53 Å². The Kier molecular flexibility index (Phi) is 3.28. The summed E-state index contributed by atoms with van der Waals surface area (Å²) in [6.45, 7) is 2.01. The highest BCUT2D eigenvalue weighted by molar-refractivity contribution is 9.10. The van der Waals surface area contributed by atoms with E-state index < -0.39 is 5.97 Å². The van der Waals surface area contributed by atoms with Gasteiger partial charge in [0.2, 0.25) is 0 Å². The monoisotopic (exact) mass is 294 g/mol. The van der Waals surface area contributed by atoms with Gasteiger partial charge in [-0.15, -0.1) is 0 Å². The molecule has 0 saturated heterocycles. The van der Waals surface area contributed by atoms with Gasteiger partial charge in [0.25, 0.3) is 0 Å². The van der Waals surface area contributed by atoms with Crippen LogP contribution in [0.15, 0.2) is 28.9 Å². The van der Waals surface area contributed by atoms with Crippen LogP contribution in [0, 0.1) is 6.92 Å². The Hall–Kier alpha value is -1.62. The fourth-order valence-corrected chi connectivity index (χ4v) is 1.80. The minimum Gasteiger partial charge on any atom is -0.464 e. The second kappa shape index (κ2) is 4.71. The van der Waals surface area contributed by atoms with Gasteiger partial charge in [0.15, 0.2) is 0 Å². The van der Waals surface area contributed by atoms with E-state index in [9.17, 15) is 4.79 Å². The number of imidazole rings is 1. The van der Waals surface area contributed by atoms with Gasteiger partial charge in [-0.1, -0.05) is 28.1 Å². The highest BCUT2D eigenvalue weighted by atomic mass is 79.9. The van der Waals surface area contributed by atoms with Crippen LogP contribution in [-0.4, -0.2) is 23.0 Å². The van der Waals surface area contributed by atoms with Crippen LogP contribution in [-0.2, 0) is 4.74 Å². The number of carbonyl (C=O) groups is 1. The number of nitrogens with zero attached hydrogens (tertiary/aromatic N) is 1. The molecule has 1 aromatic carbocycles. The van der Waals surface area contributed by atoms with Crippen LogP contribution >= 0.6 is 15.9 Å². The van der Waals surface area contributed by atoms with Crippen molar-refractivity contribution in [2.45, 2.75) is 6.92 Å². The lowest BCUT2D eigenvalue weighted by Gasteiger charge is -2.01. The number of hydrogen-bond acceptors (Lipinski definition) is 3. The maximum absolute atomic E-state index is 11.3. The molecule has 0 aliphatic carbocycles. The SMILES string of the molecule is COC(=O)c1cnc(-c2ccc(C)c(Br)c2)[nH]1. The van der Waals surface area contributed by atoms with E-state index in [0.717, 1.165) is 15.6 Å². The number of aromatic nitrogens is 2. The van der Waals surface area contributed by atoms with Crippen LogP contribution in [0.1, 0.15) is 16.1 Å². The van der Waals surface area contributed by atoms with Crippen molar-refractivity contribution in [2.24, 2.45) is 0 Å². The molecule has 17 heavy (non-hydrogen) atoms. The average Bonchev–Trinajstić information content (AvgIpc) is 2.81. The van der Waals surface area contributed by atoms with Crippen molar-refractivity contribution in [1.29, 1.82) is 0 Å². The largest absolute Gasteiger partial charge is 0.464 e. The highest BCUT2D eigenvalue weighted by Crippen LogP contribution is 2.23. The second-order valence-corrected chi connectivity index (χ2v) is 4.46. The van der Waals surface area contributed by atoms with Crippen molar-refractivity contribution in [3.8, 4) is 11.4 Å². The van der Waals surface area contributed by atoms with E-state index in [0.29, 0.717) is 11.5 Å². The molecule has 0 unspecified atom stereocenters. The van der Waals surface area contributed by atoms with Crippen LogP contribution in [0.5, 0.6) is 0 Å². The van der Waals surface area contributed by atoms with Gasteiger partial charge in [-0.3, -0.25) is 0 Å². The molecule has 0 saturated carbocycles. The van der Waals surface area contributed by atoms with Crippen molar-refractivity contribution >= 4 is 21.9 Å². The Bertz CT molecular complexity index is 563. The van der Waals surface area contributed by atoms with Gasteiger partial charge in [0, 0.05) is 10.0 Å². The normalized spacial score (nSPS) is 10.3. The zero-order valence-corrected chi connectivity index (χ0v) is 11.0. The number of nitrogens with one attached hydrogen (secondary N) is 1. The lowest BCUT2D eigenvalue weighted by atomic mass is 10.1. The summed E-state index contributed by atoms with van der Waals surface area (Å²) < 4.78 is 5.61. The molecule has 0 spiro atoms. The summed E-state index contributed by atoms with van der Waals surface area (Å²) in [6, 6.07) is 5.88. The van der Waals surface area contributed by atoms with Crippen LogP contribution in [0.4, 0.5) is 0 Å². The molecule has 88 valence electrons. The highest BCUT2D eigenvalue weighted by Gasteiger charge is 2.10. The summed E-state index contributed by atoms with van der Waals surface area (Å²) in [4.78, 5) is 18.3. The number of H-pyrrole nitrogens is 1. The van der Waals surface area contributed by atoms with Gasteiger partial charge in [-0.05, 0) is 18.6 Å². The first-order chi connectivity index (χ1) is 8.11. The Balaban J connectivity index is 2.37. The number of rotatable bonds is 2. The third-order valence-corrected chi connectivity index (χ3v) is 3.28. The quantitative estimate of drug-likeness (QED) is 0.867. The van der Waals surface area contributed by atoms with Crippen molar-refractivity contribution in [2.75, 3.05) is 7.11 Å². The van der Waals surface area contributed by atoms with Crippen molar-refractivity contribution in [3.63, 3.8) is 0 Å². The summed E-state index contributed by atoms with van der Waals surface area (Å²) >= 11 is 3.46. The third-order valence-electron chi connectivity index (χ3n) is 2.43. The molecule has 0 radical (unpaired) electrons. The maximum atomic E-state index is 11.3. The topological polar surface area (TPSA) is 55.0 Å². The molecule has 0 fully saturated rings. The zero-order valence-electron chi connectivity index (χ0n) is 9.45. The first kappa shape index (κ1) is 11.9. The van der Waals surface area contributed by atoms with E-state index in [4.69, 9.17) is 0 Å².